The van der Waals surface area contributed by atoms with Crippen molar-refractivity contribution in [2.24, 2.45) is 5.41 Å². The van der Waals surface area contributed by atoms with Gasteiger partial charge in [0.2, 0.25) is 5.91 Å². The van der Waals surface area contributed by atoms with E-state index in [1.807, 2.05) is 39.0 Å². The lowest BCUT2D eigenvalue weighted by Crippen LogP contribution is -2.27. The molecule has 2 aromatic carbocycles. The molecule has 5 nitrogen and oxygen atoms in total. The molecule has 1 N–H and O–H groups in total. The van der Waals surface area contributed by atoms with E-state index in [4.69, 9.17) is 21.1 Å². The van der Waals surface area contributed by atoms with Gasteiger partial charge in [0.1, 0.15) is 11.5 Å². The Morgan fingerprint density at radius 2 is 1.72 bits per heavy atom. The molecular formula is C25H32ClNO4S. The summed E-state index contributed by atoms with van der Waals surface area (Å²) in [5.74, 6) is 1.50. The third-order valence-electron chi connectivity index (χ3n) is 4.40. The molecule has 174 valence electrons. The van der Waals surface area contributed by atoms with Gasteiger partial charge in [-0.3, -0.25) is 9.59 Å². The second kappa shape index (κ2) is 10.6. The largest absolute Gasteiger partial charge is 0.469 e. The lowest BCUT2D eigenvalue weighted by molar-refractivity contribution is -0.139. The first-order valence-corrected chi connectivity index (χ1v) is 11.8. The summed E-state index contributed by atoms with van der Waals surface area (Å²) in [5.41, 5.74) is 1.89. The van der Waals surface area contributed by atoms with Crippen LogP contribution in [0.4, 0.5) is 5.69 Å². The molecule has 1 amide bonds. The van der Waals surface area contributed by atoms with Crippen LogP contribution in [0.2, 0.25) is 5.02 Å². The summed E-state index contributed by atoms with van der Waals surface area (Å²) in [6.45, 7) is 12.1. The summed E-state index contributed by atoms with van der Waals surface area (Å²) in [4.78, 5) is 24.1. The molecule has 7 heteroatoms. The molecule has 2 rings (SSSR count). The van der Waals surface area contributed by atoms with Crippen molar-refractivity contribution in [3.63, 3.8) is 0 Å². The molecular weight excluding hydrogens is 446 g/mol. The predicted molar refractivity (Wildman–Crippen MR) is 133 cm³/mol. The molecule has 0 spiro atoms. The van der Waals surface area contributed by atoms with Crippen LogP contribution in [0.15, 0.2) is 36.4 Å². The van der Waals surface area contributed by atoms with Gasteiger partial charge in [0.15, 0.2) is 0 Å². The zero-order chi connectivity index (χ0) is 24.1. The average Bonchev–Trinajstić information content (AvgIpc) is 2.66. The SMILES string of the molecule is COC(=O)Cc1cc(Cl)cc(Oc2ccc(NC(=O)C(C)(C)C)cc2CSC(C)(C)C)c1. The lowest BCUT2D eigenvalue weighted by Gasteiger charge is -2.21. The minimum Gasteiger partial charge on any atom is -0.469 e. The van der Waals surface area contributed by atoms with E-state index in [1.165, 1.54) is 7.11 Å². The number of methoxy groups -OCH3 is 1. The first-order chi connectivity index (χ1) is 14.8. The second-order valence-corrected chi connectivity index (χ2v) is 11.8. The van der Waals surface area contributed by atoms with Crippen LogP contribution >= 0.6 is 23.4 Å². The Hall–Kier alpha value is -2.18. The third kappa shape index (κ3) is 8.40. The molecule has 2 aromatic rings. The summed E-state index contributed by atoms with van der Waals surface area (Å²) in [7, 11) is 1.35. The van der Waals surface area contributed by atoms with Crippen molar-refractivity contribution in [2.45, 2.75) is 58.5 Å². The third-order valence-corrected chi connectivity index (χ3v) is 5.93. The number of carbonyl (C=O) groups excluding carboxylic acids is 2. The number of hydrogen-bond acceptors (Lipinski definition) is 5. The summed E-state index contributed by atoms with van der Waals surface area (Å²) in [6.07, 6.45) is 0.109. The van der Waals surface area contributed by atoms with Crippen molar-refractivity contribution in [1.82, 2.24) is 0 Å². The number of thioether (sulfide) groups is 1. The van der Waals surface area contributed by atoms with Gasteiger partial charge in [-0.1, -0.05) is 53.1 Å². The van der Waals surface area contributed by atoms with Crippen molar-refractivity contribution in [3.05, 3.63) is 52.5 Å². The van der Waals surface area contributed by atoms with E-state index < -0.39 is 5.41 Å². The average molecular weight is 478 g/mol. The Balaban J connectivity index is 2.35. The van der Waals surface area contributed by atoms with Gasteiger partial charge >= 0.3 is 5.97 Å². The number of halogens is 1. The van der Waals surface area contributed by atoms with Crippen molar-refractivity contribution >= 4 is 40.9 Å². The van der Waals surface area contributed by atoms with Gasteiger partial charge in [0, 0.05) is 32.2 Å². The number of amides is 1. The number of benzene rings is 2. The van der Waals surface area contributed by atoms with Crippen LogP contribution in [0.5, 0.6) is 11.5 Å². The molecule has 0 aliphatic carbocycles. The minimum atomic E-state index is -0.494. The monoisotopic (exact) mass is 477 g/mol. The Labute approximate surface area is 200 Å². The maximum Gasteiger partial charge on any atom is 0.309 e. The van der Waals surface area contributed by atoms with Crippen molar-refractivity contribution in [2.75, 3.05) is 12.4 Å². The fourth-order valence-corrected chi connectivity index (χ4v) is 3.69. The van der Waals surface area contributed by atoms with Crippen molar-refractivity contribution in [1.29, 1.82) is 0 Å². The molecule has 0 aromatic heterocycles. The number of ether oxygens (including phenoxy) is 2. The first-order valence-electron chi connectivity index (χ1n) is 10.4. The molecule has 0 bridgehead atoms. The smallest absolute Gasteiger partial charge is 0.309 e. The van der Waals surface area contributed by atoms with Gasteiger partial charge < -0.3 is 14.8 Å². The summed E-state index contributed by atoms with van der Waals surface area (Å²) >= 11 is 8.03. The maximum absolute atomic E-state index is 12.4. The van der Waals surface area contributed by atoms with E-state index >= 15 is 0 Å². The molecule has 0 unspecified atom stereocenters. The number of rotatable bonds is 7. The van der Waals surface area contributed by atoms with E-state index in [9.17, 15) is 9.59 Å². The van der Waals surface area contributed by atoms with Crippen LogP contribution in [0, 0.1) is 5.41 Å². The lowest BCUT2D eigenvalue weighted by atomic mass is 9.95. The van der Waals surface area contributed by atoms with Crippen LogP contribution < -0.4 is 10.1 Å². The van der Waals surface area contributed by atoms with Crippen LogP contribution in [0.3, 0.4) is 0 Å². The molecule has 0 aliphatic heterocycles. The van der Waals surface area contributed by atoms with Crippen LogP contribution in [0.25, 0.3) is 0 Å². The number of anilines is 1. The Kier molecular flexibility index (Phi) is 8.66. The van der Waals surface area contributed by atoms with Gasteiger partial charge in [0.25, 0.3) is 0 Å². The standard InChI is InChI=1S/C25H32ClNO4S/c1-24(2,3)23(29)27-19-8-9-21(17(13-19)15-32-25(4,5)6)31-20-11-16(10-18(26)14-20)12-22(28)30-7/h8-11,13-14H,12,15H2,1-7H3,(H,27,29). The molecule has 0 aliphatic rings. The van der Waals surface area contributed by atoms with Crippen molar-refractivity contribution < 1.29 is 19.1 Å². The number of hydrogen-bond donors (Lipinski definition) is 1. The zero-order valence-electron chi connectivity index (χ0n) is 19.8. The highest BCUT2D eigenvalue weighted by Crippen LogP contribution is 2.36. The summed E-state index contributed by atoms with van der Waals surface area (Å²) < 4.78 is 11.0. The highest BCUT2D eigenvalue weighted by Gasteiger charge is 2.22. The van der Waals surface area contributed by atoms with E-state index in [-0.39, 0.29) is 23.0 Å². The summed E-state index contributed by atoms with van der Waals surface area (Å²) in [6, 6.07) is 10.8. The van der Waals surface area contributed by atoms with Gasteiger partial charge in [-0.05, 0) is 42.0 Å². The van der Waals surface area contributed by atoms with Crippen LogP contribution in [0.1, 0.15) is 52.7 Å². The fraction of sp³-hybridized carbons (Fsp3) is 0.440. The number of carbonyl (C=O) groups is 2. The molecule has 0 saturated heterocycles. The van der Waals surface area contributed by atoms with E-state index in [0.717, 1.165) is 11.3 Å². The predicted octanol–water partition coefficient (Wildman–Crippen LogP) is 6.86. The minimum absolute atomic E-state index is 0.0529. The van der Waals surface area contributed by atoms with Crippen molar-refractivity contribution in [3.8, 4) is 11.5 Å². The van der Waals surface area contributed by atoms with E-state index in [1.54, 1.807) is 30.0 Å². The van der Waals surface area contributed by atoms with Gasteiger partial charge in [0.05, 0.1) is 13.5 Å². The van der Waals surface area contributed by atoms with Gasteiger partial charge in [-0.15, -0.1) is 0 Å². The Morgan fingerprint density at radius 3 is 2.31 bits per heavy atom. The van der Waals surface area contributed by atoms with E-state index in [2.05, 4.69) is 26.1 Å². The molecule has 0 heterocycles. The highest BCUT2D eigenvalue weighted by molar-refractivity contribution is 7.99. The first kappa shape index (κ1) is 26.1. The molecule has 0 atom stereocenters. The van der Waals surface area contributed by atoms with E-state index in [0.29, 0.717) is 27.8 Å². The topological polar surface area (TPSA) is 64.6 Å². The number of nitrogens with one attached hydrogen (secondary N) is 1. The zero-order valence-corrected chi connectivity index (χ0v) is 21.4. The van der Waals surface area contributed by atoms with Gasteiger partial charge in [-0.2, -0.15) is 11.8 Å². The number of esters is 1. The molecule has 0 radical (unpaired) electrons. The molecule has 0 fully saturated rings. The second-order valence-electron chi connectivity index (χ2n) is 9.58. The maximum atomic E-state index is 12.4. The molecule has 32 heavy (non-hydrogen) atoms. The Bertz CT molecular complexity index is 977. The Morgan fingerprint density at radius 1 is 1.03 bits per heavy atom. The highest BCUT2D eigenvalue weighted by atomic mass is 35.5. The van der Waals surface area contributed by atoms with Crippen LogP contribution in [-0.4, -0.2) is 23.7 Å². The quantitative estimate of drug-likeness (QED) is 0.441. The van der Waals surface area contributed by atoms with Crippen LogP contribution in [-0.2, 0) is 26.5 Å². The van der Waals surface area contributed by atoms with Gasteiger partial charge in [-0.25, -0.2) is 0 Å². The summed E-state index contributed by atoms with van der Waals surface area (Å²) in [5, 5.41) is 3.45. The molecule has 0 saturated carbocycles. The normalized spacial score (nSPS) is 11.8. The fourth-order valence-electron chi connectivity index (χ4n) is 2.63.